The first-order valence-electron chi connectivity index (χ1n) is 6.21. The van der Waals surface area contributed by atoms with Gasteiger partial charge in [-0.2, -0.15) is 0 Å². The van der Waals surface area contributed by atoms with Crippen molar-refractivity contribution in [2.24, 2.45) is 5.92 Å². The number of amides is 1. The van der Waals surface area contributed by atoms with Crippen molar-refractivity contribution >= 4 is 25.6 Å². The number of benzene rings is 1. The lowest BCUT2D eigenvalue weighted by Gasteiger charge is -2.17. The van der Waals surface area contributed by atoms with E-state index in [4.69, 9.17) is 15.4 Å². The molecule has 0 heterocycles. The lowest BCUT2D eigenvalue weighted by molar-refractivity contribution is 0.0788. The van der Waals surface area contributed by atoms with Crippen LogP contribution in [-0.2, 0) is 9.05 Å². The first-order valence-corrected chi connectivity index (χ1v) is 8.52. The number of carbonyl (C=O) groups excluding carboxylic acids is 1. The molecule has 1 aromatic rings. The Hall–Kier alpha value is -1.27. The molecule has 0 spiro atoms. The van der Waals surface area contributed by atoms with E-state index >= 15 is 0 Å². The van der Waals surface area contributed by atoms with E-state index in [1.807, 2.05) is 0 Å². The van der Waals surface area contributed by atoms with Crippen LogP contribution in [0.1, 0.15) is 23.2 Å². The summed E-state index contributed by atoms with van der Waals surface area (Å²) in [4.78, 5) is 13.6. The van der Waals surface area contributed by atoms with Gasteiger partial charge in [0, 0.05) is 29.8 Å². The summed E-state index contributed by atoms with van der Waals surface area (Å²) < 4.78 is 28.0. The minimum Gasteiger partial charge on any atom is -0.495 e. The van der Waals surface area contributed by atoms with Crippen LogP contribution in [0.4, 0.5) is 0 Å². The Morgan fingerprint density at radius 3 is 2.60 bits per heavy atom. The molecule has 20 heavy (non-hydrogen) atoms. The van der Waals surface area contributed by atoms with Crippen molar-refractivity contribution in [2.45, 2.75) is 17.7 Å². The highest BCUT2D eigenvalue weighted by Crippen LogP contribution is 2.31. The summed E-state index contributed by atoms with van der Waals surface area (Å²) in [7, 11) is 4.46. The molecule has 110 valence electrons. The van der Waals surface area contributed by atoms with Crippen LogP contribution >= 0.6 is 10.7 Å². The zero-order chi connectivity index (χ0) is 14.9. The number of carbonyl (C=O) groups is 1. The molecule has 0 saturated heterocycles. The lowest BCUT2D eigenvalue weighted by atomic mass is 10.2. The Labute approximate surface area is 122 Å². The first kappa shape index (κ1) is 15.1. The fourth-order valence-electron chi connectivity index (χ4n) is 1.99. The molecular weight excluding hydrogens is 302 g/mol. The van der Waals surface area contributed by atoms with E-state index in [2.05, 4.69) is 0 Å². The second-order valence-corrected chi connectivity index (χ2v) is 7.47. The van der Waals surface area contributed by atoms with E-state index < -0.39 is 9.05 Å². The van der Waals surface area contributed by atoms with Crippen LogP contribution in [0.5, 0.6) is 5.75 Å². The molecule has 1 aliphatic carbocycles. The van der Waals surface area contributed by atoms with Gasteiger partial charge in [-0.3, -0.25) is 4.79 Å². The van der Waals surface area contributed by atoms with Gasteiger partial charge < -0.3 is 9.64 Å². The van der Waals surface area contributed by atoms with Crippen molar-refractivity contribution in [1.29, 1.82) is 0 Å². The minimum absolute atomic E-state index is 0.126. The fraction of sp³-hybridized carbons (Fsp3) is 0.462. The SMILES string of the molecule is COc1ccc(C(=O)N(C)CC2CC2)cc1S(=O)(=O)Cl. The topological polar surface area (TPSA) is 63.7 Å². The number of methoxy groups -OCH3 is 1. The van der Waals surface area contributed by atoms with Crippen molar-refractivity contribution in [3.63, 3.8) is 0 Å². The van der Waals surface area contributed by atoms with Crippen LogP contribution in [0.2, 0.25) is 0 Å². The predicted octanol–water partition coefficient (Wildman–Crippen LogP) is 2.10. The third-order valence-corrected chi connectivity index (χ3v) is 4.59. The molecule has 0 N–H and O–H groups in total. The molecule has 1 aliphatic rings. The van der Waals surface area contributed by atoms with Crippen molar-refractivity contribution in [3.8, 4) is 5.75 Å². The highest BCUT2D eigenvalue weighted by Gasteiger charge is 2.26. The van der Waals surface area contributed by atoms with Crippen LogP contribution in [-0.4, -0.2) is 39.9 Å². The monoisotopic (exact) mass is 317 g/mol. The molecule has 5 nitrogen and oxygen atoms in total. The van der Waals surface area contributed by atoms with Crippen LogP contribution in [0.15, 0.2) is 23.1 Å². The molecule has 0 aromatic heterocycles. The quantitative estimate of drug-likeness (QED) is 0.780. The summed E-state index contributed by atoms with van der Waals surface area (Å²) in [6, 6.07) is 4.23. The highest BCUT2D eigenvalue weighted by atomic mass is 35.7. The average Bonchev–Trinajstić information content (AvgIpc) is 3.20. The standard InChI is InChI=1S/C13H16ClNO4S/c1-15(8-9-3-4-9)13(16)10-5-6-11(19-2)12(7-10)20(14,17)18/h5-7,9H,3-4,8H2,1-2H3. The van der Waals surface area contributed by atoms with Crippen molar-refractivity contribution < 1.29 is 17.9 Å². The number of halogens is 1. The summed E-state index contributed by atoms with van der Waals surface area (Å²) in [5, 5.41) is 0. The van der Waals surface area contributed by atoms with Gasteiger partial charge in [0.05, 0.1) is 7.11 Å². The molecule has 0 unspecified atom stereocenters. The van der Waals surface area contributed by atoms with Gasteiger partial charge in [-0.05, 0) is 37.0 Å². The van der Waals surface area contributed by atoms with E-state index in [0.29, 0.717) is 12.5 Å². The Morgan fingerprint density at radius 1 is 1.45 bits per heavy atom. The Kier molecular flexibility index (Phi) is 4.25. The smallest absolute Gasteiger partial charge is 0.265 e. The fourth-order valence-corrected chi connectivity index (χ4v) is 3.01. The molecule has 0 aliphatic heterocycles. The number of hydrogen-bond donors (Lipinski definition) is 0. The average molecular weight is 318 g/mol. The molecule has 0 atom stereocenters. The molecule has 1 saturated carbocycles. The third-order valence-electron chi connectivity index (χ3n) is 3.25. The van der Waals surface area contributed by atoms with Gasteiger partial charge >= 0.3 is 0 Å². The Bertz CT molecular complexity index is 625. The van der Waals surface area contributed by atoms with Gasteiger partial charge in [0.2, 0.25) is 0 Å². The van der Waals surface area contributed by atoms with E-state index in [0.717, 1.165) is 12.8 Å². The van der Waals surface area contributed by atoms with Crippen LogP contribution < -0.4 is 4.74 Å². The Balaban J connectivity index is 2.30. The van der Waals surface area contributed by atoms with Crippen LogP contribution in [0, 0.1) is 5.92 Å². The van der Waals surface area contributed by atoms with Crippen LogP contribution in [0.25, 0.3) is 0 Å². The lowest BCUT2D eigenvalue weighted by Crippen LogP contribution is -2.28. The molecule has 1 amide bonds. The number of rotatable bonds is 5. The molecule has 1 fully saturated rings. The van der Waals surface area contributed by atoms with Gasteiger partial charge in [-0.15, -0.1) is 0 Å². The van der Waals surface area contributed by atoms with Crippen LogP contribution in [0.3, 0.4) is 0 Å². The maximum absolute atomic E-state index is 12.2. The van der Waals surface area contributed by atoms with Gasteiger partial charge in [-0.25, -0.2) is 8.42 Å². The molecule has 1 aromatic carbocycles. The molecule has 2 rings (SSSR count). The second-order valence-electron chi connectivity index (χ2n) is 4.93. The first-order chi connectivity index (χ1) is 9.32. The van der Waals surface area contributed by atoms with Gasteiger partial charge in [-0.1, -0.05) is 0 Å². The third kappa shape index (κ3) is 3.43. The van der Waals surface area contributed by atoms with Crippen molar-refractivity contribution in [3.05, 3.63) is 23.8 Å². The van der Waals surface area contributed by atoms with E-state index in [1.54, 1.807) is 11.9 Å². The van der Waals surface area contributed by atoms with Gasteiger partial charge in [0.15, 0.2) is 0 Å². The van der Waals surface area contributed by atoms with Gasteiger partial charge in [0.1, 0.15) is 10.6 Å². The molecule has 7 heteroatoms. The molecule has 0 bridgehead atoms. The summed E-state index contributed by atoms with van der Waals surface area (Å²) >= 11 is 0. The summed E-state index contributed by atoms with van der Waals surface area (Å²) in [5.74, 6) is 0.473. The normalized spacial score (nSPS) is 14.9. The number of nitrogens with zero attached hydrogens (tertiary/aromatic N) is 1. The Morgan fingerprint density at radius 2 is 2.10 bits per heavy atom. The minimum atomic E-state index is -3.96. The maximum Gasteiger partial charge on any atom is 0.265 e. The summed E-state index contributed by atoms with van der Waals surface area (Å²) in [5.41, 5.74) is 0.285. The summed E-state index contributed by atoms with van der Waals surface area (Å²) in [6.07, 6.45) is 2.28. The highest BCUT2D eigenvalue weighted by molar-refractivity contribution is 8.13. The second kappa shape index (κ2) is 5.61. The largest absolute Gasteiger partial charge is 0.495 e. The zero-order valence-corrected chi connectivity index (χ0v) is 12.9. The molecule has 0 radical (unpaired) electrons. The molecular formula is C13H16ClNO4S. The summed E-state index contributed by atoms with van der Waals surface area (Å²) in [6.45, 7) is 0.688. The van der Waals surface area contributed by atoms with Gasteiger partial charge in [0.25, 0.3) is 15.0 Å². The van der Waals surface area contributed by atoms with E-state index in [-0.39, 0.29) is 22.1 Å². The van der Waals surface area contributed by atoms with Crippen molar-refractivity contribution in [2.75, 3.05) is 20.7 Å². The van der Waals surface area contributed by atoms with Crippen molar-refractivity contribution in [1.82, 2.24) is 4.90 Å². The number of ether oxygens (including phenoxy) is 1. The van der Waals surface area contributed by atoms with E-state index in [1.165, 1.54) is 25.3 Å². The zero-order valence-electron chi connectivity index (χ0n) is 11.3. The predicted molar refractivity (Wildman–Crippen MR) is 75.7 cm³/mol. The van der Waals surface area contributed by atoms with E-state index in [9.17, 15) is 13.2 Å². The maximum atomic E-state index is 12.2. The number of hydrogen-bond acceptors (Lipinski definition) is 4.